The van der Waals surface area contributed by atoms with Crippen molar-refractivity contribution in [2.75, 3.05) is 0 Å². The average Bonchev–Trinajstić information content (AvgIpc) is 2.16. The summed E-state index contributed by atoms with van der Waals surface area (Å²) >= 11 is 6.75. The van der Waals surface area contributed by atoms with Gasteiger partial charge in [-0.05, 0) is 29.0 Å². The second-order valence-corrected chi connectivity index (χ2v) is 4.86. The Hall–Kier alpha value is -0.870. The first-order valence-corrected chi connectivity index (χ1v) is 5.79. The van der Waals surface area contributed by atoms with Crippen LogP contribution in [0.5, 0.6) is 0 Å². The molecular weight excluding hydrogens is 324 g/mol. The van der Waals surface area contributed by atoms with Gasteiger partial charge in [-0.15, -0.1) is 0 Å². The van der Waals surface area contributed by atoms with E-state index in [9.17, 15) is 4.79 Å². The number of aromatic carboxylic acids is 1. The number of hydrogen-bond donors (Lipinski definition) is 1. The largest absolute Gasteiger partial charge is 0.478 e. The summed E-state index contributed by atoms with van der Waals surface area (Å²) in [7, 11) is 0. The van der Waals surface area contributed by atoms with Crippen LogP contribution in [0.1, 0.15) is 10.4 Å². The zero-order chi connectivity index (χ0) is 11.0. The van der Waals surface area contributed by atoms with E-state index in [-0.39, 0.29) is 0 Å². The topological polar surface area (TPSA) is 37.3 Å². The minimum atomic E-state index is -0.911. The van der Waals surface area contributed by atoms with Gasteiger partial charge in [-0.2, -0.15) is 0 Å². The molecule has 0 spiro atoms. The lowest BCUT2D eigenvalue weighted by molar-refractivity contribution is 0.0699. The number of benzene rings is 2. The molecule has 0 aliphatic carbocycles. The van der Waals surface area contributed by atoms with E-state index in [2.05, 4.69) is 31.9 Å². The predicted molar refractivity (Wildman–Crippen MR) is 66.3 cm³/mol. The molecule has 15 heavy (non-hydrogen) atoms. The summed E-state index contributed by atoms with van der Waals surface area (Å²) in [6.45, 7) is 0. The molecule has 76 valence electrons. The monoisotopic (exact) mass is 328 g/mol. The molecule has 0 heterocycles. The maximum atomic E-state index is 11.0. The van der Waals surface area contributed by atoms with Crippen LogP contribution in [-0.4, -0.2) is 11.1 Å². The molecule has 0 fully saturated rings. The Morgan fingerprint density at radius 2 is 1.87 bits per heavy atom. The third-order valence-electron chi connectivity index (χ3n) is 2.14. The second kappa shape index (κ2) is 3.94. The van der Waals surface area contributed by atoms with Gasteiger partial charge in [0.1, 0.15) is 0 Å². The average molecular weight is 330 g/mol. The van der Waals surface area contributed by atoms with Crippen LogP contribution in [0.3, 0.4) is 0 Å². The maximum Gasteiger partial charge on any atom is 0.336 e. The molecule has 0 atom stereocenters. The van der Waals surface area contributed by atoms with Gasteiger partial charge in [0.2, 0.25) is 0 Å². The Kier molecular flexibility index (Phi) is 2.80. The summed E-state index contributed by atoms with van der Waals surface area (Å²) in [5.41, 5.74) is 0.314. The van der Waals surface area contributed by atoms with Crippen molar-refractivity contribution in [2.24, 2.45) is 0 Å². The van der Waals surface area contributed by atoms with Crippen molar-refractivity contribution < 1.29 is 9.90 Å². The third-order valence-corrected chi connectivity index (χ3v) is 3.25. The van der Waals surface area contributed by atoms with E-state index in [1.807, 2.05) is 18.2 Å². The van der Waals surface area contributed by atoms with Crippen LogP contribution in [0.4, 0.5) is 0 Å². The molecule has 1 N–H and O–H groups in total. The summed E-state index contributed by atoms with van der Waals surface area (Å²) in [4.78, 5) is 11.0. The number of rotatable bonds is 1. The van der Waals surface area contributed by atoms with E-state index in [4.69, 9.17) is 5.11 Å². The Morgan fingerprint density at radius 1 is 1.13 bits per heavy atom. The lowest BCUT2D eigenvalue weighted by Crippen LogP contribution is -1.97. The van der Waals surface area contributed by atoms with Gasteiger partial charge in [0, 0.05) is 8.95 Å². The highest BCUT2D eigenvalue weighted by molar-refractivity contribution is 9.11. The number of carbonyl (C=O) groups is 1. The van der Waals surface area contributed by atoms with Gasteiger partial charge in [-0.1, -0.05) is 44.0 Å². The lowest BCUT2D eigenvalue weighted by atomic mass is 10.1. The minimum Gasteiger partial charge on any atom is -0.478 e. The Morgan fingerprint density at radius 3 is 2.53 bits per heavy atom. The van der Waals surface area contributed by atoms with Gasteiger partial charge in [-0.3, -0.25) is 0 Å². The molecule has 2 rings (SSSR count). The Labute approximate surface area is 103 Å². The molecule has 0 saturated heterocycles. The van der Waals surface area contributed by atoms with Gasteiger partial charge >= 0.3 is 5.97 Å². The van der Waals surface area contributed by atoms with E-state index < -0.39 is 5.97 Å². The van der Waals surface area contributed by atoms with Crippen LogP contribution < -0.4 is 0 Å². The molecule has 0 unspecified atom stereocenters. The van der Waals surface area contributed by atoms with Gasteiger partial charge in [0.25, 0.3) is 0 Å². The molecule has 0 bridgehead atoms. The smallest absolute Gasteiger partial charge is 0.336 e. The van der Waals surface area contributed by atoms with Gasteiger partial charge in [0.15, 0.2) is 0 Å². The van der Waals surface area contributed by atoms with Crippen molar-refractivity contribution in [1.29, 1.82) is 0 Å². The van der Waals surface area contributed by atoms with Crippen LogP contribution in [0.2, 0.25) is 0 Å². The number of fused-ring (bicyclic) bond motifs is 1. The first-order chi connectivity index (χ1) is 7.09. The fraction of sp³-hybridized carbons (Fsp3) is 0. The summed E-state index contributed by atoms with van der Waals surface area (Å²) in [5.74, 6) is -0.911. The standard InChI is InChI=1S/C11H6Br2O2/c12-6-4-9-7(10(13)5-6)2-1-3-8(9)11(14)15/h1-5H,(H,14,15). The van der Waals surface area contributed by atoms with Crippen LogP contribution in [0, 0.1) is 0 Å². The van der Waals surface area contributed by atoms with Crippen molar-refractivity contribution in [3.8, 4) is 0 Å². The van der Waals surface area contributed by atoms with Gasteiger partial charge in [0.05, 0.1) is 5.56 Å². The minimum absolute atomic E-state index is 0.314. The van der Waals surface area contributed by atoms with Crippen molar-refractivity contribution in [1.82, 2.24) is 0 Å². The van der Waals surface area contributed by atoms with Crippen LogP contribution in [-0.2, 0) is 0 Å². The predicted octanol–water partition coefficient (Wildman–Crippen LogP) is 4.06. The summed E-state index contributed by atoms with van der Waals surface area (Å²) < 4.78 is 1.74. The van der Waals surface area contributed by atoms with Crippen molar-refractivity contribution in [2.45, 2.75) is 0 Å². The molecule has 2 nitrogen and oxygen atoms in total. The van der Waals surface area contributed by atoms with E-state index in [1.165, 1.54) is 0 Å². The SMILES string of the molecule is O=C(O)c1cccc2c(Br)cc(Br)cc12. The highest BCUT2D eigenvalue weighted by Crippen LogP contribution is 2.30. The highest BCUT2D eigenvalue weighted by Gasteiger charge is 2.10. The molecule has 0 aliphatic rings. The van der Waals surface area contributed by atoms with E-state index >= 15 is 0 Å². The molecule has 0 saturated carbocycles. The molecule has 4 heteroatoms. The zero-order valence-electron chi connectivity index (χ0n) is 7.50. The van der Waals surface area contributed by atoms with Gasteiger partial charge in [-0.25, -0.2) is 4.79 Å². The molecule has 0 amide bonds. The second-order valence-electron chi connectivity index (χ2n) is 3.09. The molecular formula is C11H6Br2O2. The van der Waals surface area contributed by atoms with Crippen LogP contribution in [0.15, 0.2) is 39.3 Å². The summed E-state index contributed by atoms with van der Waals surface area (Å²) in [6, 6.07) is 8.93. The summed E-state index contributed by atoms with van der Waals surface area (Å²) in [6.07, 6.45) is 0. The van der Waals surface area contributed by atoms with E-state index in [0.29, 0.717) is 5.56 Å². The fourth-order valence-electron chi connectivity index (χ4n) is 1.49. The normalized spacial score (nSPS) is 10.5. The Balaban J connectivity index is 2.91. The van der Waals surface area contributed by atoms with Crippen LogP contribution in [0.25, 0.3) is 10.8 Å². The van der Waals surface area contributed by atoms with E-state index in [0.717, 1.165) is 19.7 Å². The van der Waals surface area contributed by atoms with Crippen LogP contribution >= 0.6 is 31.9 Å². The first kappa shape index (κ1) is 10.6. The Bertz CT molecular complexity index is 550. The molecule has 0 aromatic heterocycles. The number of carboxylic acid groups (broad SMARTS) is 1. The lowest BCUT2D eigenvalue weighted by Gasteiger charge is -2.05. The van der Waals surface area contributed by atoms with Crippen molar-refractivity contribution >= 4 is 48.6 Å². The highest BCUT2D eigenvalue weighted by atomic mass is 79.9. The van der Waals surface area contributed by atoms with Crippen molar-refractivity contribution in [3.63, 3.8) is 0 Å². The molecule has 2 aromatic carbocycles. The third kappa shape index (κ3) is 1.92. The summed E-state index contributed by atoms with van der Waals surface area (Å²) in [5, 5.41) is 10.7. The van der Waals surface area contributed by atoms with Gasteiger partial charge < -0.3 is 5.11 Å². The van der Waals surface area contributed by atoms with E-state index in [1.54, 1.807) is 12.1 Å². The number of hydrogen-bond acceptors (Lipinski definition) is 1. The quantitative estimate of drug-likeness (QED) is 0.856. The zero-order valence-corrected chi connectivity index (χ0v) is 10.7. The molecule has 0 aliphatic heterocycles. The first-order valence-electron chi connectivity index (χ1n) is 4.20. The molecule has 0 radical (unpaired) electrons. The molecule has 2 aromatic rings. The maximum absolute atomic E-state index is 11.0. The number of halogens is 2. The fourth-order valence-corrected chi connectivity index (χ4v) is 2.85. The van der Waals surface area contributed by atoms with Crippen molar-refractivity contribution in [3.05, 3.63) is 44.8 Å². The number of carboxylic acids is 1.